The lowest BCUT2D eigenvalue weighted by molar-refractivity contribution is -0.137. The molecule has 1 heterocycles. The predicted molar refractivity (Wildman–Crippen MR) is 146 cm³/mol. The van der Waals surface area contributed by atoms with E-state index in [2.05, 4.69) is 33.6 Å². The Morgan fingerprint density at radius 1 is 0.972 bits per heavy atom. The highest BCUT2D eigenvalue weighted by molar-refractivity contribution is 7.92. The minimum absolute atomic E-state index is 0. The number of hydrogen-bond acceptors (Lipinski definition) is 5. The SMILES string of the molecule is CC1CN(Cc2ccc(Oc3ccc(NS(C)(=O)=O)cc3)cc2)CCN1C(=O)CC1CCCCC1.Cl. The minimum atomic E-state index is -3.30. The molecule has 7 nitrogen and oxygen atoms in total. The maximum atomic E-state index is 12.9. The molecule has 1 N–H and O–H groups in total. The van der Waals surface area contributed by atoms with Crippen LogP contribution in [-0.4, -0.2) is 56.1 Å². The van der Waals surface area contributed by atoms with E-state index in [1.807, 2.05) is 12.1 Å². The Bertz CT molecular complexity index is 1090. The maximum Gasteiger partial charge on any atom is 0.229 e. The number of nitrogens with one attached hydrogen (secondary N) is 1. The van der Waals surface area contributed by atoms with Crippen molar-refractivity contribution in [3.63, 3.8) is 0 Å². The van der Waals surface area contributed by atoms with Crippen LogP contribution in [0, 0.1) is 5.92 Å². The summed E-state index contributed by atoms with van der Waals surface area (Å²) in [6, 6.07) is 15.1. The van der Waals surface area contributed by atoms with Gasteiger partial charge in [0.2, 0.25) is 15.9 Å². The van der Waals surface area contributed by atoms with Crippen LogP contribution < -0.4 is 9.46 Å². The van der Waals surface area contributed by atoms with Gasteiger partial charge in [0.15, 0.2) is 0 Å². The number of anilines is 1. The van der Waals surface area contributed by atoms with Gasteiger partial charge in [0.05, 0.1) is 6.26 Å². The summed E-state index contributed by atoms with van der Waals surface area (Å²) < 4.78 is 31.0. The number of carbonyl (C=O) groups excluding carboxylic acids is 1. The first-order valence-electron chi connectivity index (χ1n) is 12.6. The van der Waals surface area contributed by atoms with Crippen LogP contribution in [0.1, 0.15) is 51.0 Å². The normalized spacial score (nSPS) is 19.4. The van der Waals surface area contributed by atoms with Crippen molar-refractivity contribution in [2.24, 2.45) is 5.92 Å². The molecule has 0 radical (unpaired) electrons. The van der Waals surface area contributed by atoms with Gasteiger partial charge in [0.1, 0.15) is 11.5 Å². The van der Waals surface area contributed by atoms with Crippen LogP contribution in [-0.2, 0) is 21.4 Å². The van der Waals surface area contributed by atoms with E-state index in [1.165, 1.54) is 37.7 Å². The van der Waals surface area contributed by atoms with Gasteiger partial charge in [0.25, 0.3) is 0 Å². The first-order chi connectivity index (χ1) is 16.7. The van der Waals surface area contributed by atoms with Crippen molar-refractivity contribution >= 4 is 34.0 Å². The molecule has 2 aliphatic rings. The Hall–Kier alpha value is -2.29. The van der Waals surface area contributed by atoms with E-state index in [4.69, 9.17) is 4.74 Å². The van der Waals surface area contributed by atoms with E-state index in [1.54, 1.807) is 24.3 Å². The second kappa shape index (κ2) is 12.8. The summed E-state index contributed by atoms with van der Waals surface area (Å²) >= 11 is 0. The van der Waals surface area contributed by atoms with E-state index < -0.39 is 10.0 Å². The highest BCUT2D eigenvalue weighted by Gasteiger charge is 2.29. The van der Waals surface area contributed by atoms with Gasteiger partial charge in [-0.3, -0.25) is 14.4 Å². The highest BCUT2D eigenvalue weighted by Crippen LogP contribution is 2.28. The Balaban J connectivity index is 0.00000361. The third-order valence-corrected chi connectivity index (χ3v) is 7.55. The van der Waals surface area contributed by atoms with E-state index in [-0.39, 0.29) is 18.4 Å². The molecule has 198 valence electrons. The fourth-order valence-electron chi connectivity index (χ4n) is 5.16. The minimum Gasteiger partial charge on any atom is -0.457 e. The average molecular weight is 536 g/mol. The largest absolute Gasteiger partial charge is 0.457 e. The lowest BCUT2D eigenvalue weighted by atomic mass is 9.86. The first-order valence-corrected chi connectivity index (χ1v) is 14.5. The number of piperazine rings is 1. The topological polar surface area (TPSA) is 79.0 Å². The molecule has 1 atom stereocenters. The van der Waals surface area contributed by atoms with Gasteiger partial charge in [-0.25, -0.2) is 8.42 Å². The summed E-state index contributed by atoms with van der Waals surface area (Å²) in [5.41, 5.74) is 1.71. The quantitative estimate of drug-likeness (QED) is 0.498. The molecule has 2 fully saturated rings. The van der Waals surface area contributed by atoms with Gasteiger partial charge >= 0.3 is 0 Å². The van der Waals surface area contributed by atoms with Crippen LogP contribution in [0.15, 0.2) is 48.5 Å². The third kappa shape index (κ3) is 8.39. The molecule has 1 unspecified atom stereocenters. The number of sulfonamides is 1. The Morgan fingerprint density at radius 2 is 1.58 bits per heavy atom. The lowest BCUT2D eigenvalue weighted by Crippen LogP contribution is -2.53. The summed E-state index contributed by atoms with van der Waals surface area (Å²) in [5, 5.41) is 0. The molecule has 4 rings (SSSR count). The molecule has 1 aliphatic carbocycles. The molecule has 2 aromatic carbocycles. The number of amides is 1. The zero-order chi connectivity index (χ0) is 24.8. The Morgan fingerprint density at radius 3 is 2.17 bits per heavy atom. The number of nitrogens with zero attached hydrogens (tertiary/aromatic N) is 2. The van der Waals surface area contributed by atoms with Gasteiger partial charge < -0.3 is 9.64 Å². The number of carbonyl (C=O) groups is 1. The second-order valence-electron chi connectivity index (χ2n) is 10.0. The van der Waals surface area contributed by atoms with Crippen molar-refractivity contribution < 1.29 is 17.9 Å². The summed E-state index contributed by atoms with van der Waals surface area (Å²) in [6.45, 7) is 5.60. The Kier molecular flexibility index (Phi) is 10.0. The number of rotatable bonds is 8. The molecule has 0 spiro atoms. The van der Waals surface area contributed by atoms with Crippen LogP contribution >= 0.6 is 12.4 Å². The van der Waals surface area contributed by atoms with Crippen LogP contribution in [0.25, 0.3) is 0 Å². The number of benzene rings is 2. The van der Waals surface area contributed by atoms with Gasteiger partial charge in [-0.2, -0.15) is 0 Å². The summed E-state index contributed by atoms with van der Waals surface area (Å²) in [5.74, 6) is 2.29. The molecule has 0 bridgehead atoms. The first kappa shape index (κ1) is 28.3. The van der Waals surface area contributed by atoms with Gasteiger partial charge in [-0.1, -0.05) is 31.4 Å². The summed E-state index contributed by atoms with van der Waals surface area (Å²) in [6.07, 6.45) is 8.16. The molecule has 2 aromatic rings. The van der Waals surface area contributed by atoms with E-state index >= 15 is 0 Å². The van der Waals surface area contributed by atoms with E-state index in [0.717, 1.165) is 44.6 Å². The number of halogens is 1. The monoisotopic (exact) mass is 535 g/mol. The van der Waals surface area contributed by atoms with Gasteiger partial charge in [0, 0.05) is 44.3 Å². The van der Waals surface area contributed by atoms with Crippen LogP contribution in [0.3, 0.4) is 0 Å². The average Bonchev–Trinajstić information content (AvgIpc) is 2.81. The summed E-state index contributed by atoms with van der Waals surface area (Å²) in [7, 11) is -3.30. The standard InChI is InChI=1S/C27H37N3O4S.ClH/c1-21-19-29(16-17-30(21)27(31)18-22-6-4-3-5-7-22)20-23-8-12-25(13-9-23)34-26-14-10-24(11-15-26)28-35(2,32)33;/h8-15,21-22,28H,3-7,16-20H2,1-2H3;1H. The zero-order valence-corrected chi connectivity index (χ0v) is 22.8. The molecule has 1 amide bonds. The Labute approximate surface area is 221 Å². The van der Waals surface area contributed by atoms with Crippen molar-refractivity contribution in [2.45, 2.75) is 58.0 Å². The fraction of sp³-hybridized carbons (Fsp3) is 0.519. The smallest absolute Gasteiger partial charge is 0.229 e. The van der Waals surface area contributed by atoms with E-state index in [0.29, 0.717) is 23.3 Å². The molecule has 1 saturated carbocycles. The molecular weight excluding hydrogens is 498 g/mol. The van der Waals surface area contributed by atoms with Crippen LogP contribution in [0.4, 0.5) is 5.69 Å². The number of hydrogen-bond donors (Lipinski definition) is 1. The molecule has 36 heavy (non-hydrogen) atoms. The van der Waals surface area contributed by atoms with Crippen molar-refractivity contribution in [3.8, 4) is 11.5 Å². The van der Waals surface area contributed by atoms with Crippen molar-refractivity contribution in [3.05, 3.63) is 54.1 Å². The molecule has 1 saturated heterocycles. The molecule has 0 aromatic heterocycles. The van der Waals surface area contributed by atoms with Crippen molar-refractivity contribution in [1.29, 1.82) is 0 Å². The zero-order valence-electron chi connectivity index (χ0n) is 21.2. The predicted octanol–water partition coefficient (Wildman–Crippen LogP) is 5.28. The van der Waals surface area contributed by atoms with Gasteiger partial charge in [-0.15, -0.1) is 12.4 Å². The highest BCUT2D eigenvalue weighted by atomic mass is 35.5. The van der Waals surface area contributed by atoms with Crippen LogP contribution in [0.5, 0.6) is 11.5 Å². The maximum absolute atomic E-state index is 12.9. The van der Waals surface area contributed by atoms with Crippen molar-refractivity contribution in [1.82, 2.24) is 9.80 Å². The summed E-state index contributed by atoms with van der Waals surface area (Å²) in [4.78, 5) is 17.4. The number of ether oxygens (including phenoxy) is 1. The molecule has 1 aliphatic heterocycles. The second-order valence-corrected chi connectivity index (χ2v) is 11.8. The van der Waals surface area contributed by atoms with Gasteiger partial charge in [-0.05, 0) is 67.6 Å². The van der Waals surface area contributed by atoms with Crippen LogP contribution in [0.2, 0.25) is 0 Å². The van der Waals surface area contributed by atoms with E-state index in [9.17, 15) is 13.2 Å². The molecular formula is C27H38ClN3O4S. The lowest BCUT2D eigenvalue weighted by Gasteiger charge is -2.40. The molecule has 9 heteroatoms. The van der Waals surface area contributed by atoms with Crippen molar-refractivity contribution in [2.75, 3.05) is 30.6 Å². The third-order valence-electron chi connectivity index (χ3n) is 6.94. The fourth-order valence-corrected chi connectivity index (χ4v) is 5.73.